The van der Waals surface area contributed by atoms with Crippen LogP contribution in [0.15, 0.2) is 22.1 Å². The van der Waals surface area contributed by atoms with Gasteiger partial charge in [-0.25, -0.2) is 4.99 Å². The van der Waals surface area contributed by atoms with Crippen LogP contribution >= 0.6 is 11.6 Å². The third-order valence-corrected chi connectivity index (χ3v) is 2.13. The van der Waals surface area contributed by atoms with Crippen molar-refractivity contribution in [3.8, 4) is 0 Å². The molecule has 0 atom stereocenters. The maximum atomic E-state index is 10.9. The van der Waals surface area contributed by atoms with Crippen molar-refractivity contribution in [3.05, 3.63) is 32.8 Å². The van der Waals surface area contributed by atoms with E-state index in [1.54, 1.807) is 6.92 Å². The van der Waals surface area contributed by atoms with E-state index in [1.165, 1.54) is 12.1 Å². The highest BCUT2D eigenvalue weighted by molar-refractivity contribution is 6.31. The summed E-state index contributed by atoms with van der Waals surface area (Å²) in [6, 6.07) is 2.70. The molecule has 0 spiro atoms. The van der Waals surface area contributed by atoms with Gasteiger partial charge in [-0.3, -0.25) is 10.1 Å². The summed E-state index contributed by atoms with van der Waals surface area (Å²) in [6.45, 7) is 1.61. The molecule has 18 heavy (non-hydrogen) atoms. The number of nitro groups is 1. The molecule has 0 aromatic heterocycles. The largest absolute Gasteiger partial charge is 0.370 e. The Balaban J connectivity index is 3.40. The van der Waals surface area contributed by atoms with E-state index in [-0.39, 0.29) is 28.3 Å². The summed E-state index contributed by atoms with van der Waals surface area (Å²) in [5.41, 5.74) is 15.9. The van der Waals surface area contributed by atoms with Gasteiger partial charge in [0, 0.05) is 11.1 Å². The van der Waals surface area contributed by atoms with Gasteiger partial charge in [0.2, 0.25) is 5.96 Å². The molecule has 0 saturated carbocycles. The van der Waals surface area contributed by atoms with Crippen LogP contribution in [0.25, 0.3) is 0 Å². The molecule has 96 valence electrons. The number of hydrogen-bond acceptors (Lipinski definition) is 3. The lowest BCUT2D eigenvalue weighted by molar-refractivity contribution is -0.384. The zero-order chi connectivity index (χ0) is 13.9. The number of aryl methyl sites for hydroxylation is 1. The Morgan fingerprint density at radius 1 is 1.39 bits per heavy atom. The van der Waals surface area contributed by atoms with E-state index >= 15 is 0 Å². The van der Waals surface area contributed by atoms with Gasteiger partial charge in [-0.1, -0.05) is 11.6 Å². The van der Waals surface area contributed by atoms with Gasteiger partial charge >= 0.3 is 0 Å². The van der Waals surface area contributed by atoms with Crippen molar-refractivity contribution in [2.24, 2.45) is 27.2 Å². The van der Waals surface area contributed by atoms with Gasteiger partial charge in [0.25, 0.3) is 5.69 Å². The minimum Gasteiger partial charge on any atom is -0.370 e. The molecule has 0 unspecified atom stereocenters. The van der Waals surface area contributed by atoms with Gasteiger partial charge in [0.1, 0.15) is 5.69 Å². The molecule has 0 saturated heterocycles. The molecule has 1 aromatic carbocycles. The molecule has 0 aliphatic rings. The number of nitrogens with two attached hydrogens (primary N) is 3. The highest BCUT2D eigenvalue weighted by atomic mass is 35.5. The highest BCUT2D eigenvalue weighted by Crippen LogP contribution is 2.34. The predicted molar refractivity (Wildman–Crippen MR) is 69.9 cm³/mol. The van der Waals surface area contributed by atoms with E-state index in [0.29, 0.717) is 5.56 Å². The molecule has 9 heteroatoms. The zero-order valence-electron chi connectivity index (χ0n) is 9.42. The molecule has 0 bridgehead atoms. The monoisotopic (exact) mass is 270 g/mol. The van der Waals surface area contributed by atoms with E-state index in [4.69, 9.17) is 28.8 Å². The second kappa shape index (κ2) is 5.32. The number of benzene rings is 1. The van der Waals surface area contributed by atoms with Crippen LogP contribution in [-0.4, -0.2) is 16.8 Å². The maximum Gasteiger partial charge on any atom is 0.296 e. The fourth-order valence-electron chi connectivity index (χ4n) is 1.27. The lowest BCUT2D eigenvalue weighted by Gasteiger charge is -2.03. The summed E-state index contributed by atoms with van der Waals surface area (Å²) in [7, 11) is 0. The lowest BCUT2D eigenvalue weighted by atomic mass is 10.2. The van der Waals surface area contributed by atoms with Crippen molar-refractivity contribution in [2.45, 2.75) is 6.92 Å². The van der Waals surface area contributed by atoms with Crippen molar-refractivity contribution in [3.63, 3.8) is 0 Å². The number of guanidine groups is 2. The van der Waals surface area contributed by atoms with Crippen LogP contribution in [0.3, 0.4) is 0 Å². The number of nitro benzene ring substituents is 1. The van der Waals surface area contributed by atoms with E-state index in [0.717, 1.165) is 0 Å². The van der Waals surface area contributed by atoms with Crippen LogP contribution in [0.2, 0.25) is 5.02 Å². The van der Waals surface area contributed by atoms with E-state index < -0.39 is 4.92 Å². The molecule has 1 aromatic rings. The van der Waals surface area contributed by atoms with Crippen LogP contribution in [0.4, 0.5) is 11.4 Å². The zero-order valence-corrected chi connectivity index (χ0v) is 10.2. The Bertz CT molecular complexity index is 550. The smallest absolute Gasteiger partial charge is 0.296 e. The van der Waals surface area contributed by atoms with Gasteiger partial charge in [0.15, 0.2) is 5.96 Å². The fourth-order valence-corrected chi connectivity index (χ4v) is 1.54. The summed E-state index contributed by atoms with van der Waals surface area (Å²) < 4.78 is 0. The van der Waals surface area contributed by atoms with E-state index in [1.807, 2.05) is 0 Å². The average Bonchev–Trinajstić information content (AvgIpc) is 2.20. The first-order valence-electron chi connectivity index (χ1n) is 4.69. The number of halogens is 1. The molecule has 0 aliphatic heterocycles. The molecule has 6 N–H and O–H groups in total. The SMILES string of the molecule is Cc1cc(Cl)cc([N+](=O)[O-])c1N=C(N)N=C(N)N. The minimum absolute atomic E-state index is 0.0619. The number of hydrogen-bond donors (Lipinski definition) is 3. The highest BCUT2D eigenvalue weighted by Gasteiger charge is 2.17. The van der Waals surface area contributed by atoms with Crippen molar-refractivity contribution in [1.82, 2.24) is 0 Å². The maximum absolute atomic E-state index is 10.9. The molecule has 8 nitrogen and oxygen atoms in total. The van der Waals surface area contributed by atoms with Gasteiger partial charge in [-0.05, 0) is 18.6 Å². The second-order valence-corrected chi connectivity index (χ2v) is 3.79. The van der Waals surface area contributed by atoms with Crippen molar-refractivity contribution in [1.29, 1.82) is 0 Å². The second-order valence-electron chi connectivity index (χ2n) is 3.35. The predicted octanol–water partition coefficient (Wildman–Crippen LogP) is 0.776. The lowest BCUT2D eigenvalue weighted by Crippen LogP contribution is -2.26. The number of nitrogens with zero attached hydrogens (tertiary/aromatic N) is 3. The summed E-state index contributed by atoms with van der Waals surface area (Å²) in [5.74, 6) is -0.561. The molecule has 0 heterocycles. The van der Waals surface area contributed by atoms with Gasteiger partial charge in [-0.2, -0.15) is 4.99 Å². The van der Waals surface area contributed by atoms with Crippen LogP contribution in [0.5, 0.6) is 0 Å². The Labute approximate surface area is 107 Å². The third kappa shape index (κ3) is 3.32. The summed E-state index contributed by atoms with van der Waals surface area (Å²) in [4.78, 5) is 17.6. The Morgan fingerprint density at radius 2 is 2.00 bits per heavy atom. The van der Waals surface area contributed by atoms with Gasteiger partial charge in [-0.15, -0.1) is 0 Å². The fraction of sp³-hybridized carbons (Fsp3) is 0.111. The van der Waals surface area contributed by atoms with Crippen LogP contribution in [0.1, 0.15) is 5.56 Å². The number of aliphatic imine (C=N–C) groups is 2. The van der Waals surface area contributed by atoms with Gasteiger partial charge in [0.05, 0.1) is 4.92 Å². The molecule has 1 rings (SSSR count). The molecule has 0 radical (unpaired) electrons. The van der Waals surface area contributed by atoms with E-state index in [9.17, 15) is 10.1 Å². The van der Waals surface area contributed by atoms with Crippen LogP contribution in [0, 0.1) is 17.0 Å². The summed E-state index contributed by atoms with van der Waals surface area (Å²) in [6.07, 6.45) is 0. The minimum atomic E-state index is -0.611. The molecular weight excluding hydrogens is 260 g/mol. The first-order chi connectivity index (χ1) is 8.31. The number of rotatable bonds is 2. The van der Waals surface area contributed by atoms with Crippen LogP contribution < -0.4 is 17.2 Å². The van der Waals surface area contributed by atoms with Crippen molar-refractivity contribution in [2.75, 3.05) is 0 Å². The quantitative estimate of drug-likeness (QED) is 0.314. The summed E-state index contributed by atoms with van der Waals surface area (Å²) in [5, 5.41) is 11.1. The van der Waals surface area contributed by atoms with Crippen LogP contribution in [-0.2, 0) is 0 Å². The summed E-state index contributed by atoms with van der Waals surface area (Å²) >= 11 is 5.74. The molecule has 0 fully saturated rings. The average molecular weight is 271 g/mol. The Kier molecular flexibility index (Phi) is 4.05. The first kappa shape index (κ1) is 13.7. The van der Waals surface area contributed by atoms with E-state index in [2.05, 4.69) is 9.98 Å². The normalized spacial score (nSPS) is 11.1. The molecular formula is C9H11ClN6O2. The molecule has 0 aliphatic carbocycles. The third-order valence-electron chi connectivity index (χ3n) is 1.91. The van der Waals surface area contributed by atoms with Crippen molar-refractivity contribution >= 4 is 34.9 Å². The van der Waals surface area contributed by atoms with Crippen molar-refractivity contribution < 1.29 is 4.92 Å². The first-order valence-corrected chi connectivity index (χ1v) is 5.07. The van der Waals surface area contributed by atoms with Gasteiger partial charge < -0.3 is 17.2 Å². The topological polar surface area (TPSA) is 146 Å². The molecule has 0 amide bonds. The Morgan fingerprint density at radius 3 is 2.50 bits per heavy atom. The Hall–Kier alpha value is -2.35. The standard InChI is InChI=1S/C9H11ClN6O2/c1-4-2-5(10)3-6(16(17)18)7(4)14-9(13)15-8(11)12/h2-3H,1H3,(H6,11,12,13,14,15).